The van der Waals surface area contributed by atoms with Gasteiger partial charge in [0.15, 0.2) is 11.5 Å². The second-order valence-corrected chi connectivity index (χ2v) is 6.12. The Kier molecular flexibility index (Phi) is 6.42. The molecule has 0 atom stereocenters. The molecule has 7 heteroatoms. The van der Waals surface area contributed by atoms with E-state index < -0.39 is 5.91 Å². The maximum absolute atomic E-state index is 12.4. The van der Waals surface area contributed by atoms with E-state index >= 15 is 0 Å². The number of rotatable bonds is 7. The Hall–Kier alpha value is -3.87. The van der Waals surface area contributed by atoms with Gasteiger partial charge in [-0.05, 0) is 40.6 Å². The molecule has 0 heterocycles. The Morgan fingerprint density at radius 3 is 2.52 bits per heavy atom. The van der Waals surface area contributed by atoms with Gasteiger partial charge in [-0.2, -0.15) is 5.10 Å². The predicted molar refractivity (Wildman–Crippen MR) is 112 cm³/mol. The standard InChI is InChI=1S/C22H21N3O4/c1-28-19-11-10-15(12-20(19)29-2)13-24-25-21(26)14-23-22(27)18-9-5-7-16-6-3-4-8-17(16)18/h3-13H,14H2,1-2H3,(H,23,27)(H,25,26)/b24-13-. The number of hydrogen-bond donors (Lipinski definition) is 2. The largest absolute Gasteiger partial charge is 0.493 e. The second kappa shape index (κ2) is 9.36. The van der Waals surface area contributed by atoms with Crippen LogP contribution in [-0.2, 0) is 4.79 Å². The molecule has 3 aromatic carbocycles. The van der Waals surface area contributed by atoms with Crippen LogP contribution >= 0.6 is 0 Å². The van der Waals surface area contributed by atoms with Crippen molar-refractivity contribution >= 4 is 28.8 Å². The van der Waals surface area contributed by atoms with E-state index in [2.05, 4.69) is 15.8 Å². The molecule has 0 aliphatic rings. The highest BCUT2D eigenvalue weighted by Crippen LogP contribution is 2.26. The lowest BCUT2D eigenvalue weighted by Crippen LogP contribution is -2.35. The Bertz CT molecular complexity index is 1060. The first kappa shape index (κ1) is 19.9. The molecule has 0 unspecified atom stereocenters. The molecule has 0 aromatic heterocycles. The first-order valence-electron chi connectivity index (χ1n) is 8.92. The van der Waals surface area contributed by atoms with Crippen molar-refractivity contribution in [3.8, 4) is 11.5 Å². The van der Waals surface area contributed by atoms with Crippen LogP contribution < -0.4 is 20.2 Å². The molecule has 148 valence electrons. The number of fused-ring (bicyclic) bond motifs is 1. The SMILES string of the molecule is COc1ccc(/C=N\NC(=O)CNC(=O)c2cccc3ccccc23)cc1OC. The van der Waals surface area contributed by atoms with Crippen LogP contribution in [0.2, 0.25) is 0 Å². The van der Waals surface area contributed by atoms with E-state index in [1.165, 1.54) is 6.21 Å². The summed E-state index contributed by atoms with van der Waals surface area (Å²) in [7, 11) is 3.09. The second-order valence-electron chi connectivity index (χ2n) is 6.12. The number of carbonyl (C=O) groups is 2. The number of methoxy groups -OCH3 is 2. The van der Waals surface area contributed by atoms with Crippen LogP contribution in [0.15, 0.2) is 65.8 Å². The number of amides is 2. The van der Waals surface area contributed by atoms with Crippen LogP contribution in [0.5, 0.6) is 11.5 Å². The zero-order valence-electron chi connectivity index (χ0n) is 16.1. The Morgan fingerprint density at radius 2 is 1.72 bits per heavy atom. The smallest absolute Gasteiger partial charge is 0.259 e. The molecule has 0 aliphatic heterocycles. The van der Waals surface area contributed by atoms with E-state index in [4.69, 9.17) is 9.47 Å². The monoisotopic (exact) mass is 391 g/mol. The number of hydrogen-bond acceptors (Lipinski definition) is 5. The lowest BCUT2D eigenvalue weighted by molar-refractivity contribution is -0.120. The van der Waals surface area contributed by atoms with Gasteiger partial charge in [-0.1, -0.05) is 36.4 Å². The fourth-order valence-electron chi connectivity index (χ4n) is 2.83. The number of benzene rings is 3. The van der Waals surface area contributed by atoms with Crippen molar-refractivity contribution in [2.45, 2.75) is 0 Å². The van der Waals surface area contributed by atoms with Crippen LogP contribution in [0.3, 0.4) is 0 Å². The minimum atomic E-state index is -0.435. The van der Waals surface area contributed by atoms with Crippen molar-refractivity contribution < 1.29 is 19.1 Å². The third-order valence-corrected chi connectivity index (χ3v) is 4.25. The zero-order valence-corrected chi connectivity index (χ0v) is 16.1. The Labute approximate surface area is 168 Å². The highest BCUT2D eigenvalue weighted by Gasteiger charge is 2.10. The summed E-state index contributed by atoms with van der Waals surface area (Å²) < 4.78 is 10.4. The molecule has 0 fully saturated rings. The van der Waals surface area contributed by atoms with Crippen LogP contribution in [-0.4, -0.2) is 38.8 Å². The summed E-state index contributed by atoms with van der Waals surface area (Å²) in [4.78, 5) is 24.4. The molecule has 0 aliphatic carbocycles. The molecule has 29 heavy (non-hydrogen) atoms. The van der Waals surface area contributed by atoms with E-state index in [9.17, 15) is 9.59 Å². The molecule has 3 aromatic rings. The van der Waals surface area contributed by atoms with Gasteiger partial charge in [0.1, 0.15) is 0 Å². The van der Waals surface area contributed by atoms with Crippen LogP contribution in [0, 0.1) is 0 Å². The normalized spacial score (nSPS) is 10.7. The third kappa shape index (κ3) is 4.90. The number of hydrazone groups is 1. The van der Waals surface area contributed by atoms with Crippen molar-refractivity contribution in [1.82, 2.24) is 10.7 Å². The van der Waals surface area contributed by atoms with E-state index in [1.54, 1.807) is 38.5 Å². The predicted octanol–water partition coefficient (Wildman–Crippen LogP) is 2.74. The van der Waals surface area contributed by atoms with E-state index in [0.717, 1.165) is 16.3 Å². The van der Waals surface area contributed by atoms with E-state index in [-0.39, 0.29) is 12.5 Å². The van der Waals surface area contributed by atoms with Gasteiger partial charge in [-0.25, -0.2) is 5.43 Å². The maximum atomic E-state index is 12.4. The minimum Gasteiger partial charge on any atom is -0.493 e. The van der Waals surface area contributed by atoms with Crippen molar-refractivity contribution in [2.75, 3.05) is 20.8 Å². The maximum Gasteiger partial charge on any atom is 0.259 e. The molecular weight excluding hydrogens is 370 g/mol. The van der Waals surface area contributed by atoms with Gasteiger partial charge >= 0.3 is 0 Å². The summed E-state index contributed by atoms with van der Waals surface area (Å²) in [6, 6.07) is 18.3. The molecule has 0 saturated heterocycles. The molecule has 2 N–H and O–H groups in total. The van der Waals surface area contributed by atoms with Gasteiger partial charge in [-0.15, -0.1) is 0 Å². The zero-order chi connectivity index (χ0) is 20.6. The first-order chi connectivity index (χ1) is 14.1. The molecule has 2 amide bonds. The fourth-order valence-corrected chi connectivity index (χ4v) is 2.83. The van der Waals surface area contributed by atoms with Crippen LogP contribution in [0.1, 0.15) is 15.9 Å². The number of carbonyl (C=O) groups excluding carboxylic acids is 2. The molecule has 3 rings (SSSR count). The Balaban J connectivity index is 1.56. The van der Waals surface area contributed by atoms with Crippen molar-refractivity contribution in [3.63, 3.8) is 0 Å². The third-order valence-electron chi connectivity index (χ3n) is 4.25. The number of nitrogens with one attached hydrogen (secondary N) is 2. The van der Waals surface area contributed by atoms with E-state index in [1.807, 2.05) is 36.4 Å². The van der Waals surface area contributed by atoms with E-state index in [0.29, 0.717) is 17.1 Å². The lowest BCUT2D eigenvalue weighted by atomic mass is 10.0. The summed E-state index contributed by atoms with van der Waals surface area (Å²) in [5.74, 6) is 0.408. The molecular formula is C22H21N3O4. The first-order valence-corrected chi connectivity index (χ1v) is 8.92. The van der Waals surface area contributed by atoms with Crippen molar-refractivity contribution in [3.05, 3.63) is 71.8 Å². The molecule has 7 nitrogen and oxygen atoms in total. The minimum absolute atomic E-state index is 0.189. The summed E-state index contributed by atoms with van der Waals surface area (Å²) in [5, 5.41) is 8.31. The van der Waals surface area contributed by atoms with Gasteiger partial charge < -0.3 is 14.8 Å². The van der Waals surface area contributed by atoms with Gasteiger partial charge in [-0.3, -0.25) is 9.59 Å². The topological polar surface area (TPSA) is 89.0 Å². The Morgan fingerprint density at radius 1 is 0.966 bits per heavy atom. The van der Waals surface area contributed by atoms with Crippen LogP contribution in [0.25, 0.3) is 10.8 Å². The quantitative estimate of drug-likeness (QED) is 0.479. The average Bonchev–Trinajstić information content (AvgIpc) is 2.76. The van der Waals surface area contributed by atoms with Gasteiger partial charge in [0.2, 0.25) is 0 Å². The molecule has 0 bridgehead atoms. The summed E-state index contributed by atoms with van der Waals surface area (Å²) in [6.07, 6.45) is 1.48. The fraction of sp³-hybridized carbons (Fsp3) is 0.136. The van der Waals surface area contributed by atoms with Crippen molar-refractivity contribution in [1.29, 1.82) is 0 Å². The van der Waals surface area contributed by atoms with Gasteiger partial charge in [0.05, 0.1) is 27.0 Å². The van der Waals surface area contributed by atoms with Crippen molar-refractivity contribution in [2.24, 2.45) is 5.10 Å². The molecule has 0 radical (unpaired) electrons. The van der Waals surface area contributed by atoms with Gasteiger partial charge in [0, 0.05) is 5.56 Å². The molecule has 0 saturated carbocycles. The summed E-state index contributed by atoms with van der Waals surface area (Å²) in [5.41, 5.74) is 3.63. The highest BCUT2D eigenvalue weighted by molar-refractivity contribution is 6.07. The van der Waals surface area contributed by atoms with Gasteiger partial charge in [0.25, 0.3) is 11.8 Å². The summed E-state index contributed by atoms with van der Waals surface area (Å²) in [6.45, 7) is -0.189. The number of ether oxygens (including phenoxy) is 2. The summed E-state index contributed by atoms with van der Waals surface area (Å²) >= 11 is 0. The lowest BCUT2D eigenvalue weighted by Gasteiger charge is -2.08. The van der Waals surface area contributed by atoms with Crippen LogP contribution in [0.4, 0.5) is 0 Å². The highest BCUT2D eigenvalue weighted by atomic mass is 16.5. The average molecular weight is 391 g/mol. The molecule has 0 spiro atoms. The number of nitrogens with zero attached hydrogens (tertiary/aromatic N) is 1.